The van der Waals surface area contributed by atoms with Crippen molar-refractivity contribution in [1.29, 1.82) is 0 Å². The SMILES string of the molecule is COC(CN)CC(=O)Nc1cccc(-c2ccnc(C)n2)c1. The number of aromatic nitrogens is 2. The van der Waals surface area contributed by atoms with Crippen LogP contribution in [0.2, 0.25) is 0 Å². The fourth-order valence-electron chi connectivity index (χ4n) is 2.05. The molecule has 0 bridgehead atoms. The molecule has 1 aromatic carbocycles. The summed E-state index contributed by atoms with van der Waals surface area (Å²) < 4.78 is 5.11. The molecule has 1 aromatic heterocycles. The number of aryl methyl sites for hydroxylation is 1. The van der Waals surface area contributed by atoms with Crippen molar-refractivity contribution in [3.8, 4) is 11.3 Å². The molecule has 0 aliphatic rings. The van der Waals surface area contributed by atoms with Crippen LogP contribution in [0.25, 0.3) is 11.3 Å². The second-order valence-electron chi connectivity index (χ2n) is 4.92. The summed E-state index contributed by atoms with van der Waals surface area (Å²) in [6.07, 6.45) is 1.67. The van der Waals surface area contributed by atoms with Crippen LogP contribution < -0.4 is 11.1 Å². The number of nitrogens with one attached hydrogen (secondary N) is 1. The Labute approximate surface area is 129 Å². The second-order valence-corrected chi connectivity index (χ2v) is 4.92. The number of carbonyl (C=O) groups excluding carboxylic acids is 1. The molecule has 0 saturated carbocycles. The van der Waals surface area contributed by atoms with Crippen LogP contribution in [0.5, 0.6) is 0 Å². The third kappa shape index (κ3) is 4.34. The minimum atomic E-state index is -0.271. The largest absolute Gasteiger partial charge is 0.380 e. The van der Waals surface area contributed by atoms with E-state index in [2.05, 4.69) is 15.3 Å². The Morgan fingerprint density at radius 3 is 2.91 bits per heavy atom. The predicted molar refractivity (Wildman–Crippen MR) is 85.3 cm³/mol. The minimum absolute atomic E-state index is 0.131. The molecule has 6 heteroatoms. The number of hydrogen-bond acceptors (Lipinski definition) is 5. The smallest absolute Gasteiger partial charge is 0.227 e. The zero-order valence-corrected chi connectivity index (χ0v) is 12.7. The van der Waals surface area contributed by atoms with Gasteiger partial charge in [0.2, 0.25) is 5.91 Å². The van der Waals surface area contributed by atoms with Gasteiger partial charge in [-0.05, 0) is 25.1 Å². The number of methoxy groups -OCH3 is 1. The molecule has 0 spiro atoms. The summed E-state index contributed by atoms with van der Waals surface area (Å²) in [5.41, 5.74) is 7.98. The van der Waals surface area contributed by atoms with Crippen LogP contribution in [-0.2, 0) is 9.53 Å². The van der Waals surface area contributed by atoms with Crippen LogP contribution in [-0.4, -0.2) is 35.6 Å². The van der Waals surface area contributed by atoms with Gasteiger partial charge in [-0.25, -0.2) is 9.97 Å². The molecule has 2 rings (SSSR count). The Bertz CT molecular complexity index is 642. The summed E-state index contributed by atoms with van der Waals surface area (Å²) in [6.45, 7) is 2.15. The number of anilines is 1. The molecule has 2 aromatic rings. The van der Waals surface area contributed by atoms with Crippen molar-refractivity contribution in [2.75, 3.05) is 19.0 Å². The average Bonchev–Trinajstić information content (AvgIpc) is 2.53. The zero-order chi connectivity index (χ0) is 15.9. The fraction of sp³-hybridized carbons (Fsp3) is 0.312. The molecule has 3 N–H and O–H groups in total. The van der Waals surface area contributed by atoms with Crippen molar-refractivity contribution < 1.29 is 9.53 Å². The van der Waals surface area contributed by atoms with Crippen LogP contribution in [0.1, 0.15) is 12.2 Å². The maximum absolute atomic E-state index is 12.0. The van der Waals surface area contributed by atoms with Gasteiger partial charge in [0.1, 0.15) is 5.82 Å². The molecule has 0 aliphatic heterocycles. The summed E-state index contributed by atoms with van der Waals surface area (Å²) in [6, 6.07) is 9.36. The number of amides is 1. The summed E-state index contributed by atoms with van der Waals surface area (Å²) in [5, 5.41) is 2.85. The molecule has 1 atom stereocenters. The lowest BCUT2D eigenvalue weighted by molar-refractivity contribution is -0.118. The van der Waals surface area contributed by atoms with E-state index in [9.17, 15) is 4.79 Å². The molecule has 116 valence electrons. The molecule has 0 radical (unpaired) electrons. The van der Waals surface area contributed by atoms with Gasteiger partial charge in [-0.1, -0.05) is 12.1 Å². The first-order valence-corrected chi connectivity index (χ1v) is 7.05. The summed E-state index contributed by atoms with van der Waals surface area (Å²) >= 11 is 0. The van der Waals surface area contributed by atoms with E-state index in [0.29, 0.717) is 18.1 Å². The first-order chi connectivity index (χ1) is 10.6. The fourth-order valence-corrected chi connectivity index (χ4v) is 2.05. The van der Waals surface area contributed by atoms with E-state index in [1.165, 1.54) is 0 Å². The maximum Gasteiger partial charge on any atom is 0.227 e. The zero-order valence-electron chi connectivity index (χ0n) is 12.7. The molecule has 0 fully saturated rings. The lowest BCUT2D eigenvalue weighted by atomic mass is 10.1. The lowest BCUT2D eigenvalue weighted by Crippen LogP contribution is -2.28. The van der Waals surface area contributed by atoms with Crippen molar-refractivity contribution in [1.82, 2.24) is 9.97 Å². The van der Waals surface area contributed by atoms with Crippen LogP contribution in [0.4, 0.5) is 5.69 Å². The van der Waals surface area contributed by atoms with Gasteiger partial charge in [-0.3, -0.25) is 4.79 Å². The third-order valence-electron chi connectivity index (χ3n) is 3.23. The highest BCUT2D eigenvalue weighted by Gasteiger charge is 2.12. The van der Waals surface area contributed by atoms with Gasteiger partial charge in [0.25, 0.3) is 0 Å². The topological polar surface area (TPSA) is 90.1 Å². The molecule has 0 saturated heterocycles. The number of ether oxygens (including phenoxy) is 1. The number of carbonyl (C=O) groups is 1. The summed E-state index contributed by atoms with van der Waals surface area (Å²) in [5.74, 6) is 0.575. The van der Waals surface area contributed by atoms with Gasteiger partial charge in [0.05, 0.1) is 18.2 Å². The first-order valence-electron chi connectivity index (χ1n) is 7.05. The highest BCUT2D eigenvalue weighted by Crippen LogP contribution is 2.20. The van der Waals surface area contributed by atoms with E-state index in [1.807, 2.05) is 37.3 Å². The van der Waals surface area contributed by atoms with Crippen molar-refractivity contribution in [2.24, 2.45) is 5.73 Å². The van der Waals surface area contributed by atoms with Crippen LogP contribution in [0.3, 0.4) is 0 Å². The second kappa shape index (κ2) is 7.63. The minimum Gasteiger partial charge on any atom is -0.380 e. The van der Waals surface area contributed by atoms with E-state index in [-0.39, 0.29) is 18.4 Å². The first kappa shape index (κ1) is 16.1. The monoisotopic (exact) mass is 300 g/mol. The highest BCUT2D eigenvalue weighted by atomic mass is 16.5. The summed E-state index contributed by atoms with van der Waals surface area (Å²) in [7, 11) is 1.54. The predicted octanol–water partition coefficient (Wildman–Crippen LogP) is 1.75. The normalized spacial score (nSPS) is 12.0. The Balaban J connectivity index is 2.10. The van der Waals surface area contributed by atoms with Crippen molar-refractivity contribution >= 4 is 11.6 Å². The van der Waals surface area contributed by atoms with Gasteiger partial charge in [-0.15, -0.1) is 0 Å². The molecule has 22 heavy (non-hydrogen) atoms. The van der Waals surface area contributed by atoms with Crippen molar-refractivity contribution in [3.05, 3.63) is 42.4 Å². The number of hydrogen-bond donors (Lipinski definition) is 2. The average molecular weight is 300 g/mol. The lowest BCUT2D eigenvalue weighted by Gasteiger charge is -2.13. The van der Waals surface area contributed by atoms with Crippen molar-refractivity contribution in [2.45, 2.75) is 19.4 Å². The summed E-state index contributed by atoms with van der Waals surface area (Å²) in [4.78, 5) is 20.4. The van der Waals surface area contributed by atoms with E-state index < -0.39 is 0 Å². The van der Waals surface area contributed by atoms with Gasteiger partial charge >= 0.3 is 0 Å². The number of nitrogens with two attached hydrogens (primary N) is 1. The number of nitrogens with zero attached hydrogens (tertiary/aromatic N) is 2. The maximum atomic E-state index is 12.0. The number of rotatable bonds is 6. The highest BCUT2D eigenvalue weighted by molar-refractivity contribution is 5.91. The quantitative estimate of drug-likeness (QED) is 0.848. The number of benzene rings is 1. The Hall–Kier alpha value is -2.31. The van der Waals surface area contributed by atoms with E-state index in [1.54, 1.807) is 13.3 Å². The van der Waals surface area contributed by atoms with Crippen LogP contribution in [0, 0.1) is 6.92 Å². The van der Waals surface area contributed by atoms with Crippen LogP contribution in [0.15, 0.2) is 36.5 Å². The Kier molecular flexibility index (Phi) is 5.57. The van der Waals surface area contributed by atoms with E-state index >= 15 is 0 Å². The van der Waals surface area contributed by atoms with E-state index in [4.69, 9.17) is 10.5 Å². The third-order valence-corrected chi connectivity index (χ3v) is 3.23. The molecule has 1 unspecified atom stereocenters. The molecule has 1 amide bonds. The standard InChI is InChI=1S/C16H20N4O2/c1-11-18-7-6-15(19-11)12-4-3-5-13(8-12)20-16(21)9-14(10-17)22-2/h3-8,14H,9-10,17H2,1-2H3,(H,20,21). The van der Waals surface area contributed by atoms with Crippen molar-refractivity contribution in [3.63, 3.8) is 0 Å². The van der Waals surface area contributed by atoms with Gasteiger partial charge < -0.3 is 15.8 Å². The van der Waals surface area contributed by atoms with E-state index in [0.717, 1.165) is 11.3 Å². The van der Waals surface area contributed by atoms with Gasteiger partial charge in [0.15, 0.2) is 0 Å². The molecular weight excluding hydrogens is 280 g/mol. The van der Waals surface area contributed by atoms with Gasteiger partial charge in [0, 0.05) is 31.1 Å². The molecular formula is C16H20N4O2. The molecule has 1 heterocycles. The molecule has 0 aliphatic carbocycles. The van der Waals surface area contributed by atoms with Crippen LogP contribution >= 0.6 is 0 Å². The Morgan fingerprint density at radius 2 is 2.23 bits per heavy atom. The Morgan fingerprint density at radius 1 is 1.41 bits per heavy atom. The van der Waals surface area contributed by atoms with Gasteiger partial charge in [-0.2, -0.15) is 0 Å². The molecule has 6 nitrogen and oxygen atoms in total.